The Balaban J connectivity index is 1.53. The summed E-state index contributed by atoms with van der Waals surface area (Å²) in [7, 11) is 0. The second kappa shape index (κ2) is 5.50. The van der Waals surface area contributed by atoms with Gasteiger partial charge in [-0.3, -0.25) is 4.90 Å². The fraction of sp³-hybridized carbons (Fsp3) is 0.182. The maximum atomic E-state index is 3.74. The van der Waals surface area contributed by atoms with Crippen LogP contribution in [0.5, 0.6) is 0 Å². The van der Waals surface area contributed by atoms with Crippen LogP contribution in [0.2, 0.25) is 0 Å². The molecule has 0 bridgehead atoms. The average Bonchev–Trinajstić information content (AvgIpc) is 2.66. The molecular weight excluding hydrogens is 292 g/mol. The molecule has 1 unspecified atom stereocenters. The first-order chi connectivity index (χ1) is 11.9. The number of para-hydroxylation sites is 1. The standard InChI is InChI=1S/C22H20N2/c1-2-6-16(7-3-1)17-10-11-20-18(14-17)12-13-24-15-19-8-4-5-9-21(19)23-22(20)24/h1-11,14,22-23H,12-13,15H2. The van der Waals surface area contributed by atoms with Gasteiger partial charge in [0.05, 0.1) is 0 Å². The maximum Gasteiger partial charge on any atom is 0.106 e. The molecule has 0 aromatic heterocycles. The van der Waals surface area contributed by atoms with Gasteiger partial charge in [-0.2, -0.15) is 0 Å². The molecule has 0 saturated carbocycles. The monoisotopic (exact) mass is 312 g/mol. The van der Waals surface area contributed by atoms with Gasteiger partial charge in [0.1, 0.15) is 6.17 Å². The van der Waals surface area contributed by atoms with Gasteiger partial charge in [-0.15, -0.1) is 0 Å². The van der Waals surface area contributed by atoms with Crippen molar-refractivity contribution >= 4 is 5.69 Å². The summed E-state index contributed by atoms with van der Waals surface area (Å²) in [6.45, 7) is 2.14. The van der Waals surface area contributed by atoms with E-state index < -0.39 is 0 Å². The smallest absolute Gasteiger partial charge is 0.106 e. The number of fused-ring (bicyclic) bond motifs is 4. The van der Waals surface area contributed by atoms with Gasteiger partial charge in [-0.1, -0.05) is 66.7 Å². The topological polar surface area (TPSA) is 15.3 Å². The Morgan fingerprint density at radius 1 is 0.792 bits per heavy atom. The van der Waals surface area contributed by atoms with Gasteiger partial charge in [0, 0.05) is 18.8 Å². The van der Waals surface area contributed by atoms with E-state index in [4.69, 9.17) is 0 Å². The highest BCUT2D eigenvalue weighted by Crippen LogP contribution is 2.38. The highest BCUT2D eigenvalue weighted by atomic mass is 15.3. The zero-order valence-electron chi connectivity index (χ0n) is 13.6. The number of anilines is 1. The number of nitrogens with zero attached hydrogens (tertiary/aromatic N) is 1. The van der Waals surface area contributed by atoms with Crippen LogP contribution in [0.15, 0.2) is 72.8 Å². The van der Waals surface area contributed by atoms with Crippen molar-refractivity contribution in [1.29, 1.82) is 0 Å². The zero-order valence-corrected chi connectivity index (χ0v) is 13.6. The molecule has 5 rings (SSSR count). The summed E-state index contributed by atoms with van der Waals surface area (Å²) in [6, 6.07) is 26.3. The number of hydrogen-bond acceptors (Lipinski definition) is 2. The second-order valence-electron chi connectivity index (χ2n) is 6.70. The molecule has 0 radical (unpaired) electrons. The third-order valence-electron chi connectivity index (χ3n) is 5.26. The van der Waals surface area contributed by atoms with E-state index in [2.05, 4.69) is 83.0 Å². The van der Waals surface area contributed by atoms with E-state index in [1.54, 1.807) is 0 Å². The number of benzene rings is 3. The van der Waals surface area contributed by atoms with Crippen LogP contribution < -0.4 is 5.32 Å². The summed E-state index contributed by atoms with van der Waals surface area (Å²) in [5.74, 6) is 0. The van der Waals surface area contributed by atoms with Gasteiger partial charge < -0.3 is 5.32 Å². The lowest BCUT2D eigenvalue weighted by molar-refractivity contribution is 0.187. The summed E-state index contributed by atoms with van der Waals surface area (Å²) in [5, 5.41) is 3.74. The van der Waals surface area contributed by atoms with E-state index in [1.807, 2.05) is 0 Å². The summed E-state index contributed by atoms with van der Waals surface area (Å²) in [4.78, 5) is 2.55. The zero-order chi connectivity index (χ0) is 15.9. The van der Waals surface area contributed by atoms with Gasteiger partial charge in [0.25, 0.3) is 0 Å². The molecule has 0 saturated heterocycles. The summed E-state index contributed by atoms with van der Waals surface area (Å²) in [5.41, 5.74) is 8.19. The molecule has 2 aliphatic heterocycles. The molecular formula is C22H20N2. The van der Waals surface area contributed by atoms with Gasteiger partial charge in [-0.05, 0) is 40.3 Å². The lowest BCUT2D eigenvalue weighted by Crippen LogP contribution is -2.42. The molecule has 0 aliphatic carbocycles. The van der Waals surface area contributed by atoms with Crippen molar-refractivity contribution in [3.8, 4) is 11.1 Å². The van der Waals surface area contributed by atoms with E-state index in [0.29, 0.717) is 6.17 Å². The quantitative estimate of drug-likeness (QED) is 0.692. The minimum atomic E-state index is 0.300. The van der Waals surface area contributed by atoms with Crippen molar-refractivity contribution in [3.63, 3.8) is 0 Å². The average molecular weight is 312 g/mol. The first-order valence-corrected chi connectivity index (χ1v) is 8.65. The van der Waals surface area contributed by atoms with Crippen LogP contribution in [0.3, 0.4) is 0 Å². The molecule has 118 valence electrons. The van der Waals surface area contributed by atoms with Crippen LogP contribution >= 0.6 is 0 Å². The van der Waals surface area contributed by atoms with Gasteiger partial charge in [-0.25, -0.2) is 0 Å². The summed E-state index contributed by atoms with van der Waals surface area (Å²) < 4.78 is 0. The van der Waals surface area contributed by atoms with Crippen LogP contribution in [0.25, 0.3) is 11.1 Å². The highest BCUT2D eigenvalue weighted by Gasteiger charge is 2.31. The second-order valence-corrected chi connectivity index (χ2v) is 6.70. The summed E-state index contributed by atoms with van der Waals surface area (Å²) in [6.07, 6.45) is 1.42. The minimum Gasteiger partial charge on any atom is -0.366 e. The number of rotatable bonds is 1. The Hall–Kier alpha value is -2.58. The van der Waals surface area contributed by atoms with Crippen LogP contribution in [-0.4, -0.2) is 11.4 Å². The molecule has 0 amide bonds. The van der Waals surface area contributed by atoms with Crippen LogP contribution in [0, 0.1) is 0 Å². The van der Waals surface area contributed by atoms with E-state index in [-0.39, 0.29) is 0 Å². The van der Waals surface area contributed by atoms with Crippen molar-refractivity contribution in [2.45, 2.75) is 19.1 Å². The van der Waals surface area contributed by atoms with Crippen molar-refractivity contribution in [2.75, 3.05) is 11.9 Å². The van der Waals surface area contributed by atoms with Gasteiger partial charge in [0.2, 0.25) is 0 Å². The molecule has 3 aromatic rings. The Morgan fingerprint density at radius 2 is 1.62 bits per heavy atom. The van der Waals surface area contributed by atoms with Gasteiger partial charge in [0.15, 0.2) is 0 Å². The fourth-order valence-electron chi connectivity index (χ4n) is 3.99. The molecule has 1 atom stereocenters. The molecule has 2 aliphatic rings. The Morgan fingerprint density at radius 3 is 2.54 bits per heavy atom. The van der Waals surface area contributed by atoms with Gasteiger partial charge >= 0.3 is 0 Å². The number of nitrogens with one attached hydrogen (secondary N) is 1. The van der Waals surface area contributed by atoms with Crippen molar-refractivity contribution in [1.82, 2.24) is 4.90 Å². The van der Waals surface area contributed by atoms with E-state index in [9.17, 15) is 0 Å². The third-order valence-corrected chi connectivity index (χ3v) is 5.26. The number of hydrogen-bond donors (Lipinski definition) is 1. The molecule has 24 heavy (non-hydrogen) atoms. The minimum absolute atomic E-state index is 0.300. The van der Waals surface area contributed by atoms with Crippen molar-refractivity contribution < 1.29 is 0 Å². The molecule has 2 heteroatoms. The summed E-state index contributed by atoms with van der Waals surface area (Å²) >= 11 is 0. The van der Waals surface area contributed by atoms with Crippen LogP contribution in [0.4, 0.5) is 5.69 Å². The van der Waals surface area contributed by atoms with Crippen LogP contribution in [0.1, 0.15) is 22.9 Å². The first kappa shape index (κ1) is 13.8. The molecule has 1 N–H and O–H groups in total. The Bertz CT molecular complexity index is 885. The molecule has 3 aromatic carbocycles. The molecule has 0 spiro atoms. The first-order valence-electron chi connectivity index (χ1n) is 8.65. The lowest BCUT2D eigenvalue weighted by atomic mass is 9.91. The third kappa shape index (κ3) is 2.22. The van der Waals surface area contributed by atoms with Crippen molar-refractivity contribution in [2.24, 2.45) is 0 Å². The predicted molar refractivity (Wildman–Crippen MR) is 98.8 cm³/mol. The molecule has 2 nitrogen and oxygen atoms in total. The van der Waals surface area contributed by atoms with E-state index in [0.717, 1.165) is 19.5 Å². The highest BCUT2D eigenvalue weighted by molar-refractivity contribution is 5.66. The largest absolute Gasteiger partial charge is 0.366 e. The Labute approximate surface area is 142 Å². The van der Waals surface area contributed by atoms with Crippen LogP contribution in [-0.2, 0) is 13.0 Å². The molecule has 0 fully saturated rings. The predicted octanol–water partition coefficient (Wildman–Crippen LogP) is 4.84. The fourth-order valence-corrected chi connectivity index (χ4v) is 3.99. The SMILES string of the molecule is c1ccc(-c2ccc3c(c2)CCN2Cc4ccccc4NC32)cc1. The lowest BCUT2D eigenvalue weighted by Gasteiger charge is -2.42. The Kier molecular flexibility index (Phi) is 3.17. The normalized spacial score (nSPS) is 18.9. The van der Waals surface area contributed by atoms with E-state index in [1.165, 1.54) is 33.5 Å². The van der Waals surface area contributed by atoms with Crippen molar-refractivity contribution in [3.05, 3.63) is 89.5 Å². The maximum absolute atomic E-state index is 3.74. The molecule has 2 heterocycles. The van der Waals surface area contributed by atoms with E-state index >= 15 is 0 Å².